The molecule has 0 saturated carbocycles. The van der Waals surface area contributed by atoms with E-state index < -0.39 is 21.8 Å². The molecule has 0 bridgehead atoms. The summed E-state index contributed by atoms with van der Waals surface area (Å²) >= 11 is 0. The molecule has 1 aromatic heterocycles. The van der Waals surface area contributed by atoms with Gasteiger partial charge in [0.25, 0.3) is 0 Å². The van der Waals surface area contributed by atoms with Gasteiger partial charge in [0.15, 0.2) is 0 Å². The van der Waals surface area contributed by atoms with Crippen LogP contribution in [0.1, 0.15) is 18.0 Å². The molecule has 0 aliphatic carbocycles. The number of benzene rings is 2. The number of alkyl halides is 3. The summed E-state index contributed by atoms with van der Waals surface area (Å²) in [5.74, 6) is 0. The summed E-state index contributed by atoms with van der Waals surface area (Å²) in [5.41, 5.74) is 0.131. The molecule has 0 N–H and O–H groups in total. The summed E-state index contributed by atoms with van der Waals surface area (Å²) in [6.45, 7) is 0.621. The summed E-state index contributed by atoms with van der Waals surface area (Å²) in [6, 6.07) is 10.7. The van der Waals surface area contributed by atoms with Crippen LogP contribution in [0.15, 0.2) is 65.8 Å². The predicted octanol–water partition coefficient (Wildman–Crippen LogP) is 3.60. The molecule has 0 radical (unpaired) electrons. The second-order valence-electron chi connectivity index (χ2n) is 6.76. The Hall–Kier alpha value is -2.72. The average Bonchev–Trinajstić information content (AvgIpc) is 3.39. The van der Waals surface area contributed by atoms with Gasteiger partial charge in [0.05, 0.1) is 28.9 Å². The lowest BCUT2D eigenvalue weighted by atomic mass is 10.0. The van der Waals surface area contributed by atoms with Gasteiger partial charge in [-0.15, -0.1) is 0 Å². The van der Waals surface area contributed by atoms with Crippen LogP contribution in [0, 0.1) is 0 Å². The normalized spacial score (nSPS) is 18.2. The Morgan fingerprint density at radius 1 is 0.966 bits per heavy atom. The van der Waals surface area contributed by atoms with Crippen molar-refractivity contribution in [1.29, 1.82) is 0 Å². The van der Waals surface area contributed by atoms with E-state index in [1.807, 2.05) is 0 Å². The van der Waals surface area contributed by atoms with Gasteiger partial charge in [-0.05, 0) is 41.8 Å². The molecule has 2 aromatic carbocycles. The Morgan fingerprint density at radius 2 is 1.66 bits per heavy atom. The molecular formula is C19H17F3N4O2S. The predicted molar refractivity (Wildman–Crippen MR) is 99.3 cm³/mol. The first-order valence-electron chi connectivity index (χ1n) is 8.89. The zero-order valence-electron chi connectivity index (χ0n) is 15.1. The number of nitrogens with zero attached hydrogens (tertiary/aromatic N) is 4. The molecule has 1 fully saturated rings. The van der Waals surface area contributed by atoms with Gasteiger partial charge in [0.1, 0.15) is 0 Å². The Kier molecular flexibility index (Phi) is 4.91. The van der Waals surface area contributed by atoms with E-state index in [0.717, 1.165) is 12.1 Å². The third-order valence-electron chi connectivity index (χ3n) is 4.90. The van der Waals surface area contributed by atoms with Crippen molar-refractivity contribution in [2.75, 3.05) is 13.1 Å². The van der Waals surface area contributed by atoms with Gasteiger partial charge in [-0.25, -0.2) is 8.42 Å². The van der Waals surface area contributed by atoms with Crippen molar-refractivity contribution < 1.29 is 21.6 Å². The molecule has 29 heavy (non-hydrogen) atoms. The van der Waals surface area contributed by atoms with Crippen molar-refractivity contribution in [2.24, 2.45) is 0 Å². The van der Waals surface area contributed by atoms with Crippen LogP contribution in [0.3, 0.4) is 0 Å². The minimum atomic E-state index is -4.44. The molecule has 1 unspecified atom stereocenters. The molecule has 152 valence electrons. The van der Waals surface area contributed by atoms with Gasteiger partial charge in [0.2, 0.25) is 10.0 Å². The maximum absolute atomic E-state index is 12.9. The lowest BCUT2D eigenvalue weighted by molar-refractivity contribution is -0.137. The van der Waals surface area contributed by atoms with Crippen molar-refractivity contribution in [3.05, 3.63) is 66.5 Å². The second-order valence-corrected chi connectivity index (χ2v) is 8.70. The van der Waals surface area contributed by atoms with Crippen molar-refractivity contribution >= 4 is 10.0 Å². The van der Waals surface area contributed by atoms with Gasteiger partial charge in [0, 0.05) is 13.1 Å². The SMILES string of the molecule is O=S(=O)(c1ccc(-c2cccc(C(F)(F)F)c2)cc1)N1CCC(n2nccn2)C1. The first kappa shape index (κ1) is 19.6. The Morgan fingerprint density at radius 3 is 2.31 bits per heavy atom. The molecular weight excluding hydrogens is 405 g/mol. The fourth-order valence-corrected chi connectivity index (χ4v) is 4.87. The maximum atomic E-state index is 12.9. The van der Waals surface area contributed by atoms with Crippen LogP contribution >= 0.6 is 0 Å². The van der Waals surface area contributed by atoms with Gasteiger partial charge >= 0.3 is 6.18 Å². The molecule has 6 nitrogen and oxygen atoms in total. The van der Waals surface area contributed by atoms with Gasteiger partial charge in [-0.3, -0.25) is 0 Å². The lowest BCUT2D eigenvalue weighted by Crippen LogP contribution is -2.29. The first-order chi connectivity index (χ1) is 13.7. The van der Waals surface area contributed by atoms with Crippen LogP contribution in [0.4, 0.5) is 13.2 Å². The summed E-state index contributed by atoms with van der Waals surface area (Å²) in [7, 11) is -3.71. The molecule has 0 amide bonds. The van der Waals surface area contributed by atoms with Crippen LogP contribution in [0.25, 0.3) is 11.1 Å². The van der Waals surface area contributed by atoms with E-state index in [9.17, 15) is 21.6 Å². The zero-order chi connectivity index (χ0) is 20.6. The van der Waals surface area contributed by atoms with E-state index in [0.29, 0.717) is 24.1 Å². The minimum Gasteiger partial charge on any atom is -0.207 e. The van der Waals surface area contributed by atoms with Crippen LogP contribution < -0.4 is 0 Å². The first-order valence-corrected chi connectivity index (χ1v) is 10.3. The highest BCUT2D eigenvalue weighted by atomic mass is 32.2. The summed E-state index contributed by atoms with van der Waals surface area (Å²) in [4.78, 5) is 1.61. The lowest BCUT2D eigenvalue weighted by Gasteiger charge is -2.17. The van der Waals surface area contributed by atoms with Crippen molar-refractivity contribution in [2.45, 2.75) is 23.5 Å². The fourth-order valence-electron chi connectivity index (χ4n) is 3.38. The van der Waals surface area contributed by atoms with E-state index in [-0.39, 0.29) is 17.5 Å². The standard InChI is InChI=1S/C19H17F3N4O2S/c20-19(21,22)16-3-1-2-15(12-16)14-4-6-18(7-5-14)29(27,28)25-11-8-17(13-25)26-23-9-10-24-26/h1-7,9-10,12,17H,8,11,13H2. The van der Waals surface area contributed by atoms with E-state index in [2.05, 4.69) is 10.2 Å². The van der Waals surface area contributed by atoms with E-state index >= 15 is 0 Å². The highest BCUT2D eigenvalue weighted by molar-refractivity contribution is 7.89. The number of halogens is 3. The second kappa shape index (κ2) is 7.27. The number of rotatable bonds is 4. The van der Waals surface area contributed by atoms with Crippen LogP contribution in [-0.4, -0.2) is 40.8 Å². The largest absolute Gasteiger partial charge is 0.416 e. The molecule has 1 saturated heterocycles. The topological polar surface area (TPSA) is 68.1 Å². The number of aromatic nitrogens is 3. The third kappa shape index (κ3) is 3.90. The van der Waals surface area contributed by atoms with E-state index in [1.165, 1.54) is 39.4 Å². The maximum Gasteiger partial charge on any atom is 0.416 e. The molecule has 4 rings (SSSR count). The van der Waals surface area contributed by atoms with Crippen LogP contribution in [-0.2, 0) is 16.2 Å². The number of sulfonamides is 1. The van der Waals surface area contributed by atoms with Gasteiger partial charge < -0.3 is 0 Å². The van der Waals surface area contributed by atoms with Crippen LogP contribution in [0.2, 0.25) is 0 Å². The third-order valence-corrected chi connectivity index (χ3v) is 6.78. The van der Waals surface area contributed by atoms with Crippen LogP contribution in [0.5, 0.6) is 0 Å². The highest BCUT2D eigenvalue weighted by Crippen LogP contribution is 2.33. The van der Waals surface area contributed by atoms with Crippen molar-refractivity contribution in [1.82, 2.24) is 19.3 Å². The quantitative estimate of drug-likeness (QED) is 0.644. The highest BCUT2D eigenvalue weighted by Gasteiger charge is 2.34. The molecule has 1 atom stereocenters. The van der Waals surface area contributed by atoms with Gasteiger partial charge in [-0.2, -0.15) is 32.5 Å². The Labute approximate surface area is 165 Å². The Balaban J connectivity index is 1.55. The summed E-state index contributed by atoms with van der Waals surface area (Å²) < 4.78 is 65.9. The summed E-state index contributed by atoms with van der Waals surface area (Å²) in [6.07, 6.45) is -0.738. The molecule has 1 aliphatic heterocycles. The van der Waals surface area contributed by atoms with Gasteiger partial charge in [-0.1, -0.05) is 24.3 Å². The number of hydrogen-bond acceptors (Lipinski definition) is 4. The minimum absolute atomic E-state index is 0.0994. The molecule has 10 heteroatoms. The Bertz CT molecular complexity index is 1100. The zero-order valence-corrected chi connectivity index (χ0v) is 15.9. The summed E-state index contributed by atoms with van der Waals surface area (Å²) in [5, 5.41) is 8.12. The average molecular weight is 422 g/mol. The molecule has 2 heterocycles. The van der Waals surface area contributed by atoms with Crippen molar-refractivity contribution in [3.8, 4) is 11.1 Å². The molecule has 1 aliphatic rings. The van der Waals surface area contributed by atoms with E-state index in [4.69, 9.17) is 0 Å². The monoisotopic (exact) mass is 422 g/mol. The fraction of sp³-hybridized carbons (Fsp3) is 0.263. The molecule has 3 aromatic rings. The van der Waals surface area contributed by atoms with Crippen molar-refractivity contribution in [3.63, 3.8) is 0 Å². The number of hydrogen-bond donors (Lipinski definition) is 0. The smallest absolute Gasteiger partial charge is 0.207 e. The molecule has 0 spiro atoms. The van der Waals surface area contributed by atoms with E-state index in [1.54, 1.807) is 18.5 Å².